The number of aryl methyl sites for hydroxylation is 1. The number of carboxylic acids is 1. The van der Waals surface area contributed by atoms with Gasteiger partial charge in [-0.3, -0.25) is 0 Å². The van der Waals surface area contributed by atoms with E-state index in [0.717, 1.165) is 34.5 Å². The Morgan fingerprint density at radius 1 is 1.00 bits per heavy atom. The standard InChI is InChI=1S/C26H26F3NO4/c1-18-14-19(6-11-24(18)34-17-25(31)32)16-30(12-13-33-2)23-5-3-4-21(15-23)20-7-9-22(10-8-20)26(27,28)29/h3-11,14-15H,12-13,16-17H2,1-2H3,(H,31,32)/p-1. The minimum atomic E-state index is -4.37. The number of carbonyl (C=O) groups is 1. The summed E-state index contributed by atoms with van der Waals surface area (Å²) in [5, 5.41) is 10.6. The summed E-state index contributed by atoms with van der Waals surface area (Å²) in [5.74, 6) is -0.817. The number of carbonyl (C=O) groups excluding carboxylic acids is 1. The van der Waals surface area contributed by atoms with Gasteiger partial charge in [0.05, 0.1) is 18.1 Å². The maximum absolute atomic E-state index is 12.9. The molecule has 180 valence electrons. The summed E-state index contributed by atoms with van der Waals surface area (Å²) in [6.45, 7) is 2.93. The van der Waals surface area contributed by atoms with Crippen LogP contribution in [0.25, 0.3) is 11.1 Å². The van der Waals surface area contributed by atoms with E-state index >= 15 is 0 Å². The minimum Gasteiger partial charge on any atom is -0.546 e. The van der Waals surface area contributed by atoms with E-state index in [4.69, 9.17) is 9.47 Å². The Morgan fingerprint density at radius 3 is 2.35 bits per heavy atom. The van der Waals surface area contributed by atoms with Gasteiger partial charge in [-0.1, -0.05) is 36.4 Å². The Morgan fingerprint density at radius 2 is 1.74 bits per heavy atom. The van der Waals surface area contributed by atoms with Gasteiger partial charge in [-0.15, -0.1) is 0 Å². The molecule has 0 spiro atoms. The van der Waals surface area contributed by atoms with Crippen molar-refractivity contribution in [2.24, 2.45) is 0 Å². The number of methoxy groups -OCH3 is 1. The molecule has 0 aliphatic rings. The number of halogens is 3. The molecule has 0 heterocycles. The van der Waals surface area contributed by atoms with Gasteiger partial charge in [0.25, 0.3) is 0 Å². The molecule has 0 amide bonds. The molecule has 0 fully saturated rings. The number of rotatable bonds is 10. The lowest BCUT2D eigenvalue weighted by Gasteiger charge is -2.26. The molecule has 0 radical (unpaired) electrons. The van der Waals surface area contributed by atoms with Gasteiger partial charge in [-0.05, 0) is 59.5 Å². The normalized spacial score (nSPS) is 11.3. The number of nitrogens with zero attached hydrogens (tertiary/aromatic N) is 1. The van der Waals surface area contributed by atoms with Crippen LogP contribution in [0.4, 0.5) is 18.9 Å². The molecule has 0 N–H and O–H groups in total. The molecule has 0 aromatic heterocycles. The van der Waals surface area contributed by atoms with Gasteiger partial charge in [0, 0.05) is 25.9 Å². The van der Waals surface area contributed by atoms with Gasteiger partial charge in [0.2, 0.25) is 0 Å². The van der Waals surface area contributed by atoms with Crippen LogP contribution >= 0.6 is 0 Å². The molecular formula is C26H25F3NO4-. The third-order valence-electron chi connectivity index (χ3n) is 5.28. The van der Waals surface area contributed by atoms with E-state index in [2.05, 4.69) is 4.90 Å². The third-order valence-corrected chi connectivity index (χ3v) is 5.28. The van der Waals surface area contributed by atoms with Crippen LogP contribution in [0.2, 0.25) is 0 Å². The molecule has 0 bridgehead atoms. The van der Waals surface area contributed by atoms with Crippen LogP contribution in [-0.2, 0) is 22.3 Å². The van der Waals surface area contributed by atoms with Gasteiger partial charge in [0.1, 0.15) is 12.4 Å². The van der Waals surface area contributed by atoms with Gasteiger partial charge in [-0.2, -0.15) is 13.2 Å². The number of benzene rings is 3. The van der Waals surface area contributed by atoms with Gasteiger partial charge >= 0.3 is 6.18 Å². The number of ether oxygens (including phenoxy) is 2. The Bertz CT molecular complexity index is 1110. The summed E-state index contributed by atoms with van der Waals surface area (Å²) in [7, 11) is 1.62. The van der Waals surface area contributed by atoms with Crippen LogP contribution < -0.4 is 14.7 Å². The molecule has 0 unspecified atom stereocenters. The Balaban J connectivity index is 1.83. The molecule has 0 atom stereocenters. The summed E-state index contributed by atoms with van der Waals surface area (Å²) in [4.78, 5) is 12.7. The molecule has 3 aromatic rings. The number of aliphatic carboxylic acids is 1. The maximum Gasteiger partial charge on any atom is 0.416 e. The van der Waals surface area contributed by atoms with Gasteiger partial charge < -0.3 is 24.3 Å². The fourth-order valence-corrected chi connectivity index (χ4v) is 3.56. The molecule has 0 aliphatic heterocycles. The molecule has 0 aliphatic carbocycles. The second-order valence-electron chi connectivity index (χ2n) is 7.80. The summed E-state index contributed by atoms with van der Waals surface area (Å²) < 4.78 is 49.2. The van der Waals surface area contributed by atoms with Crippen LogP contribution in [-0.4, -0.2) is 32.8 Å². The zero-order chi connectivity index (χ0) is 24.7. The number of hydrogen-bond acceptors (Lipinski definition) is 5. The molecule has 34 heavy (non-hydrogen) atoms. The monoisotopic (exact) mass is 472 g/mol. The van der Waals surface area contributed by atoms with Crippen molar-refractivity contribution in [3.05, 3.63) is 83.4 Å². The first-order valence-corrected chi connectivity index (χ1v) is 10.6. The van der Waals surface area contributed by atoms with Crippen LogP contribution in [0.5, 0.6) is 5.75 Å². The number of carboxylic acid groups (broad SMARTS) is 1. The highest BCUT2D eigenvalue weighted by Crippen LogP contribution is 2.32. The second-order valence-corrected chi connectivity index (χ2v) is 7.80. The minimum absolute atomic E-state index is 0.473. The largest absolute Gasteiger partial charge is 0.546 e. The van der Waals surface area contributed by atoms with Crippen molar-refractivity contribution >= 4 is 11.7 Å². The zero-order valence-electron chi connectivity index (χ0n) is 18.9. The van der Waals surface area contributed by atoms with E-state index in [1.165, 1.54) is 12.1 Å². The summed E-state index contributed by atoms with van der Waals surface area (Å²) in [6, 6.07) is 18.2. The lowest BCUT2D eigenvalue weighted by molar-refractivity contribution is -0.307. The van der Waals surface area contributed by atoms with Crippen molar-refractivity contribution in [1.82, 2.24) is 0 Å². The first-order chi connectivity index (χ1) is 16.2. The number of anilines is 1. The Hall–Kier alpha value is -3.52. The fourth-order valence-electron chi connectivity index (χ4n) is 3.56. The highest BCUT2D eigenvalue weighted by Gasteiger charge is 2.30. The van der Waals surface area contributed by atoms with Crippen LogP contribution in [0.3, 0.4) is 0 Å². The summed E-state index contributed by atoms with van der Waals surface area (Å²) >= 11 is 0. The van der Waals surface area contributed by atoms with Crippen LogP contribution in [0, 0.1) is 6.92 Å². The topological polar surface area (TPSA) is 61.8 Å². The number of alkyl halides is 3. The van der Waals surface area contributed by atoms with Gasteiger partial charge in [0.15, 0.2) is 0 Å². The van der Waals surface area contributed by atoms with Crippen molar-refractivity contribution in [2.75, 3.05) is 31.8 Å². The SMILES string of the molecule is COCCN(Cc1ccc(OCC(=O)[O-])c(C)c1)c1cccc(-c2ccc(C(F)(F)F)cc2)c1. The lowest BCUT2D eigenvalue weighted by Crippen LogP contribution is -2.29. The zero-order valence-corrected chi connectivity index (χ0v) is 18.9. The summed E-state index contributed by atoms with van der Waals surface area (Å²) in [6.07, 6.45) is -4.37. The second kappa shape index (κ2) is 11.1. The van der Waals surface area contributed by atoms with Crippen molar-refractivity contribution < 1.29 is 32.5 Å². The van der Waals surface area contributed by atoms with Crippen molar-refractivity contribution in [3.8, 4) is 16.9 Å². The highest BCUT2D eigenvalue weighted by atomic mass is 19.4. The Kier molecular flexibility index (Phi) is 8.17. The average Bonchev–Trinajstić information content (AvgIpc) is 2.80. The molecule has 5 nitrogen and oxygen atoms in total. The van der Waals surface area contributed by atoms with E-state index < -0.39 is 24.3 Å². The van der Waals surface area contributed by atoms with E-state index in [-0.39, 0.29) is 0 Å². The fraction of sp³-hybridized carbons (Fsp3) is 0.269. The van der Waals surface area contributed by atoms with Crippen molar-refractivity contribution in [3.63, 3.8) is 0 Å². The lowest BCUT2D eigenvalue weighted by atomic mass is 10.0. The highest BCUT2D eigenvalue weighted by molar-refractivity contribution is 5.69. The molecule has 0 saturated heterocycles. The van der Waals surface area contributed by atoms with Crippen molar-refractivity contribution in [2.45, 2.75) is 19.6 Å². The Labute approximate surface area is 196 Å². The molecule has 3 aromatic carbocycles. The van der Waals surface area contributed by atoms with Crippen LogP contribution in [0.1, 0.15) is 16.7 Å². The summed E-state index contributed by atoms with van der Waals surface area (Å²) in [5.41, 5.74) is 3.47. The molecular weight excluding hydrogens is 447 g/mol. The van der Waals surface area contributed by atoms with E-state index in [1.54, 1.807) is 13.2 Å². The third kappa shape index (κ3) is 6.74. The predicted molar refractivity (Wildman–Crippen MR) is 121 cm³/mol. The first-order valence-electron chi connectivity index (χ1n) is 10.6. The van der Waals surface area contributed by atoms with Crippen molar-refractivity contribution in [1.29, 1.82) is 0 Å². The quantitative estimate of drug-likeness (QED) is 0.436. The maximum atomic E-state index is 12.9. The average molecular weight is 472 g/mol. The van der Waals surface area contributed by atoms with Crippen LogP contribution in [0.15, 0.2) is 66.7 Å². The first kappa shape index (κ1) is 25.1. The smallest absolute Gasteiger partial charge is 0.416 e. The molecule has 0 saturated carbocycles. The van der Waals surface area contributed by atoms with E-state index in [9.17, 15) is 23.1 Å². The number of hydrogen-bond donors (Lipinski definition) is 0. The van der Waals surface area contributed by atoms with Gasteiger partial charge in [-0.25, -0.2) is 0 Å². The predicted octanol–water partition coefficient (Wildman–Crippen LogP) is 4.46. The van der Waals surface area contributed by atoms with E-state index in [1.807, 2.05) is 43.3 Å². The molecule has 8 heteroatoms. The molecule has 3 rings (SSSR count). The van der Waals surface area contributed by atoms with E-state index in [0.29, 0.717) is 31.0 Å².